The van der Waals surface area contributed by atoms with E-state index in [1.54, 1.807) is 36.4 Å². The molecule has 2 amide bonds. The zero-order valence-electron chi connectivity index (χ0n) is 14.0. The Morgan fingerprint density at radius 1 is 1.00 bits per heavy atom. The van der Waals surface area contributed by atoms with E-state index < -0.39 is 0 Å². The molecule has 0 aromatic heterocycles. The Kier molecular flexibility index (Phi) is 6.37. The Balaban J connectivity index is 1.97. The summed E-state index contributed by atoms with van der Waals surface area (Å²) < 4.78 is 5.59. The predicted molar refractivity (Wildman–Crippen MR) is 95.5 cm³/mol. The van der Waals surface area contributed by atoms with Crippen molar-refractivity contribution in [2.24, 2.45) is 0 Å². The summed E-state index contributed by atoms with van der Waals surface area (Å²) in [5.74, 6) is 0.377. The number of anilines is 2. The van der Waals surface area contributed by atoms with E-state index in [2.05, 4.69) is 17.6 Å². The number of hydrogen-bond donors (Lipinski definition) is 2. The third-order valence-electron chi connectivity index (χ3n) is 3.32. The van der Waals surface area contributed by atoms with Crippen LogP contribution in [-0.2, 0) is 4.79 Å². The van der Waals surface area contributed by atoms with E-state index in [1.807, 2.05) is 12.1 Å². The summed E-state index contributed by atoms with van der Waals surface area (Å²) in [5.41, 5.74) is 1.76. The smallest absolute Gasteiger partial charge is 0.255 e. The lowest BCUT2D eigenvalue weighted by Crippen LogP contribution is -2.13. The van der Waals surface area contributed by atoms with E-state index in [9.17, 15) is 9.59 Å². The van der Waals surface area contributed by atoms with Crippen molar-refractivity contribution in [3.8, 4) is 5.75 Å². The molecule has 0 fully saturated rings. The number of hydrogen-bond acceptors (Lipinski definition) is 3. The Hall–Kier alpha value is -2.82. The van der Waals surface area contributed by atoms with Gasteiger partial charge in [-0.2, -0.15) is 0 Å². The molecule has 0 unspecified atom stereocenters. The Morgan fingerprint density at radius 2 is 1.75 bits per heavy atom. The molecule has 0 spiro atoms. The first-order valence-electron chi connectivity index (χ1n) is 8.00. The summed E-state index contributed by atoms with van der Waals surface area (Å²) >= 11 is 0. The van der Waals surface area contributed by atoms with Crippen LogP contribution < -0.4 is 15.4 Å². The van der Waals surface area contributed by atoms with Crippen LogP contribution in [0.3, 0.4) is 0 Å². The van der Waals surface area contributed by atoms with Gasteiger partial charge in [0, 0.05) is 23.9 Å². The molecule has 0 aliphatic heterocycles. The van der Waals surface area contributed by atoms with Gasteiger partial charge in [0.15, 0.2) is 0 Å². The van der Waals surface area contributed by atoms with Crippen LogP contribution in [0, 0.1) is 0 Å². The van der Waals surface area contributed by atoms with Crippen molar-refractivity contribution in [1.29, 1.82) is 0 Å². The highest BCUT2D eigenvalue weighted by molar-refractivity contribution is 6.05. The number of carbonyl (C=O) groups excluding carboxylic acids is 2. The van der Waals surface area contributed by atoms with E-state index in [0.29, 0.717) is 23.5 Å². The normalized spacial score (nSPS) is 10.1. The summed E-state index contributed by atoms with van der Waals surface area (Å²) in [6.45, 7) is 4.23. The highest BCUT2D eigenvalue weighted by Crippen LogP contribution is 2.18. The van der Waals surface area contributed by atoms with Crippen molar-refractivity contribution in [3.63, 3.8) is 0 Å². The van der Waals surface area contributed by atoms with Gasteiger partial charge in [0.25, 0.3) is 5.91 Å². The van der Waals surface area contributed by atoms with Crippen molar-refractivity contribution in [2.45, 2.75) is 26.7 Å². The van der Waals surface area contributed by atoms with E-state index in [-0.39, 0.29) is 11.8 Å². The zero-order chi connectivity index (χ0) is 17.4. The number of rotatable bonds is 7. The van der Waals surface area contributed by atoms with Crippen molar-refractivity contribution in [3.05, 3.63) is 54.1 Å². The minimum absolute atomic E-state index is 0.175. The maximum atomic E-state index is 12.3. The largest absolute Gasteiger partial charge is 0.494 e. The summed E-state index contributed by atoms with van der Waals surface area (Å²) in [7, 11) is 0. The van der Waals surface area contributed by atoms with Gasteiger partial charge in [0.1, 0.15) is 5.75 Å². The van der Waals surface area contributed by atoms with Crippen LogP contribution >= 0.6 is 0 Å². The quantitative estimate of drug-likeness (QED) is 0.754. The van der Waals surface area contributed by atoms with Crippen molar-refractivity contribution in [1.82, 2.24) is 0 Å². The fourth-order valence-electron chi connectivity index (χ4n) is 2.11. The first-order chi connectivity index (χ1) is 11.6. The van der Waals surface area contributed by atoms with Crippen molar-refractivity contribution in [2.75, 3.05) is 17.2 Å². The SMILES string of the molecule is CCCCOc1ccc(NC(=O)c2cccc(NC(C)=O)c2)cc1. The number of unbranched alkanes of at least 4 members (excludes halogenated alkanes) is 1. The molecule has 5 nitrogen and oxygen atoms in total. The van der Waals surface area contributed by atoms with Crippen LogP contribution in [0.25, 0.3) is 0 Å². The summed E-state index contributed by atoms with van der Waals surface area (Å²) in [4.78, 5) is 23.4. The third kappa shape index (κ3) is 5.43. The van der Waals surface area contributed by atoms with Crippen LogP contribution in [0.1, 0.15) is 37.0 Å². The average molecular weight is 326 g/mol. The Labute approximate surface area is 142 Å². The number of amides is 2. The predicted octanol–water partition coefficient (Wildman–Crippen LogP) is 4.08. The molecule has 2 N–H and O–H groups in total. The molecule has 0 atom stereocenters. The second-order valence-corrected chi connectivity index (χ2v) is 5.44. The van der Waals surface area contributed by atoms with Gasteiger partial charge < -0.3 is 15.4 Å². The Morgan fingerprint density at radius 3 is 2.42 bits per heavy atom. The minimum atomic E-state index is -0.234. The van der Waals surface area contributed by atoms with Crippen LogP contribution in [-0.4, -0.2) is 18.4 Å². The van der Waals surface area contributed by atoms with Crippen molar-refractivity contribution >= 4 is 23.2 Å². The number of carbonyl (C=O) groups is 2. The molecule has 0 heterocycles. The van der Waals surface area contributed by atoms with Crippen LogP contribution in [0.2, 0.25) is 0 Å². The monoisotopic (exact) mass is 326 g/mol. The molecule has 2 aromatic carbocycles. The standard InChI is InChI=1S/C19H22N2O3/c1-3-4-12-24-18-10-8-16(9-11-18)21-19(23)15-6-5-7-17(13-15)20-14(2)22/h5-11,13H,3-4,12H2,1-2H3,(H,20,22)(H,21,23). The molecule has 5 heteroatoms. The van der Waals surface area contributed by atoms with E-state index in [1.165, 1.54) is 6.92 Å². The molecular weight excluding hydrogens is 304 g/mol. The highest BCUT2D eigenvalue weighted by atomic mass is 16.5. The van der Waals surface area contributed by atoms with Gasteiger partial charge in [-0.25, -0.2) is 0 Å². The lowest BCUT2D eigenvalue weighted by Gasteiger charge is -2.09. The van der Waals surface area contributed by atoms with E-state index in [4.69, 9.17) is 4.74 Å². The van der Waals surface area contributed by atoms with Gasteiger partial charge >= 0.3 is 0 Å². The minimum Gasteiger partial charge on any atom is -0.494 e. The number of nitrogens with one attached hydrogen (secondary N) is 2. The lowest BCUT2D eigenvalue weighted by atomic mass is 10.2. The fourth-order valence-corrected chi connectivity index (χ4v) is 2.11. The second kappa shape index (κ2) is 8.72. The summed E-state index contributed by atoms with van der Waals surface area (Å²) in [6, 6.07) is 14.1. The van der Waals surface area contributed by atoms with Gasteiger partial charge in [-0.15, -0.1) is 0 Å². The van der Waals surface area contributed by atoms with E-state index in [0.717, 1.165) is 18.6 Å². The van der Waals surface area contributed by atoms with Gasteiger partial charge in [-0.3, -0.25) is 9.59 Å². The molecule has 0 bridgehead atoms. The maximum Gasteiger partial charge on any atom is 0.255 e. The molecule has 126 valence electrons. The Bertz CT molecular complexity index is 696. The molecule has 0 radical (unpaired) electrons. The molecule has 0 saturated carbocycles. The fraction of sp³-hybridized carbons (Fsp3) is 0.263. The number of ether oxygens (including phenoxy) is 1. The highest BCUT2D eigenvalue weighted by Gasteiger charge is 2.07. The third-order valence-corrected chi connectivity index (χ3v) is 3.32. The molecule has 24 heavy (non-hydrogen) atoms. The zero-order valence-corrected chi connectivity index (χ0v) is 14.0. The molecule has 0 aliphatic carbocycles. The van der Waals surface area contributed by atoms with Gasteiger partial charge in [-0.1, -0.05) is 19.4 Å². The van der Waals surface area contributed by atoms with Gasteiger partial charge in [-0.05, 0) is 48.9 Å². The van der Waals surface area contributed by atoms with Crippen LogP contribution in [0.15, 0.2) is 48.5 Å². The first-order valence-corrected chi connectivity index (χ1v) is 8.00. The maximum absolute atomic E-state index is 12.3. The molecule has 2 rings (SSSR count). The summed E-state index contributed by atoms with van der Waals surface area (Å²) in [6.07, 6.45) is 2.11. The van der Waals surface area contributed by atoms with Gasteiger partial charge in [0.05, 0.1) is 6.61 Å². The van der Waals surface area contributed by atoms with Gasteiger partial charge in [0.2, 0.25) is 5.91 Å². The average Bonchev–Trinajstić information content (AvgIpc) is 2.56. The topological polar surface area (TPSA) is 67.4 Å². The lowest BCUT2D eigenvalue weighted by molar-refractivity contribution is -0.114. The molecular formula is C19H22N2O3. The van der Waals surface area contributed by atoms with E-state index >= 15 is 0 Å². The van der Waals surface area contributed by atoms with Crippen molar-refractivity contribution < 1.29 is 14.3 Å². The molecule has 2 aromatic rings. The molecule has 0 aliphatic rings. The number of benzene rings is 2. The van der Waals surface area contributed by atoms with Crippen LogP contribution in [0.4, 0.5) is 11.4 Å². The summed E-state index contributed by atoms with van der Waals surface area (Å²) in [5, 5.41) is 5.49. The molecule has 0 saturated heterocycles. The van der Waals surface area contributed by atoms with Crippen LogP contribution in [0.5, 0.6) is 5.75 Å². The second-order valence-electron chi connectivity index (χ2n) is 5.44. The first kappa shape index (κ1) is 17.5.